The van der Waals surface area contributed by atoms with Gasteiger partial charge in [0.05, 0.1) is 16.3 Å². The van der Waals surface area contributed by atoms with Gasteiger partial charge in [-0.2, -0.15) is 4.31 Å². The summed E-state index contributed by atoms with van der Waals surface area (Å²) in [5, 5.41) is 2.91. The number of nitrogens with one attached hydrogen (secondary N) is 1. The third-order valence-corrected chi connectivity index (χ3v) is 9.67. The zero-order chi connectivity index (χ0) is 23.4. The van der Waals surface area contributed by atoms with E-state index in [0.29, 0.717) is 31.2 Å². The summed E-state index contributed by atoms with van der Waals surface area (Å²) < 4.78 is 27.9. The van der Waals surface area contributed by atoms with Crippen molar-refractivity contribution in [1.82, 2.24) is 14.5 Å². The van der Waals surface area contributed by atoms with Gasteiger partial charge in [0.2, 0.25) is 21.8 Å². The Bertz CT molecular complexity index is 971. The van der Waals surface area contributed by atoms with E-state index >= 15 is 0 Å². The van der Waals surface area contributed by atoms with Crippen molar-refractivity contribution in [3.05, 3.63) is 18.2 Å². The number of sulfonamides is 1. The molecule has 2 saturated heterocycles. The van der Waals surface area contributed by atoms with Crippen molar-refractivity contribution >= 4 is 39.3 Å². The molecule has 10 heteroatoms. The molecular weight excluding hydrogens is 460 g/mol. The number of fused-ring (bicyclic) bond motifs is 1. The van der Waals surface area contributed by atoms with Crippen LogP contribution >= 0.6 is 11.8 Å². The van der Waals surface area contributed by atoms with Gasteiger partial charge in [0.15, 0.2) is 0 Å². The first-order valence-electron chi connectivity index (χ1n) is 11.9. The minimum atomic E-state index is -3.63. The second kappa shape index (κ2) is 10.8. The van der Waals surface area contributed by atoms with Crippen molar-refractivity contribution < 1.29 is 18.0 Å². The van der Waals surface area contributed by atoms with Crippen molar-refractivity contribution in [2.45, 2.75) is 48.8 Å². The second-order valence-electron chi connectivity index (χ2n) is 9.24. The van der Waals surface area contributed by atoms with Crippen LogP contribution in [0.5, 0.6) is 0 Å². The summed E-state index contributed by atoms with van der Waals surface area (Å²) >= 11 is 1.38. The number of anilines is 1. The summed E-state index contributed by atoms with van der Waals surface area (Å²) in [5.74, 6) is 0.367. The fraction of sp³-hybridized carbons (Fsp3) is 0.652. The van der Waals surface area contributed by atoms with E-state index in [9.17, 15) is 18.0 Å². The van der Waals surface area contributed by atoms with E-state index in [0.717, 1.165) is 43.8 Å². The number of benzene rings is 1. The highest BCUT2D eigenvalue weighted by molar-refractivity contribution is 8.00. The number of nitrogens with zero attached hydrogens (tertiary/aromatic N) is 3. The van der Waals surface area contributed by atoms with Gasteiger partial charge < -0.3 is 15.1 Å². The van der Waals surface area contributed by atoms with Gasteiger partial charge in [0, 0.05) is 24.5 Å². The number of carbonyl (C=O) groups is 2. The molecule has 3 aliphatic rings. The van der Waals surface area contributed by atoms with Gasteiger partial charge in [-0.1, -0.05) is 6.92 Å². The van der Waals surface area contributed by atoms with E-state index in [1.807, 2.05) is 0 Å². The highest BCUT2D eigenvalue weighted by atomic mass is 32.2. The fourth-order valence-corrected chi connectivity index (χ4v) is 7.03. The lowest BCUT2D eigenvalue weighted by atomic mass is 10.0. The van der Waals surface area contributed by atoms with Gasteiger partial charge in [-0.15, -0.1) is 11.8 Å². The largest absolute Gasteiger partial charge is 0.355 e. The Morgan fingerprint density at radius 3 is 2.61 bits per heavy atom. The first-order chi connectivity index (χ1) is 15.8. The Labute approximate surface area is 201 Å². The second-order valence-corrected chi connectivity index (χ2v) is 12.2. The van der Waals surface area contributed by atoms with Gasteiger partial charge in [-0.25, -0.2) is 8.42 Å². The van der Waals surface area contributed by atoms with E-state index in [1.165, 1.54) is 33.8 Å². The van der Waals surface area contributed by atoms with Crippen LogP contribution in [0.25, 0.3) is 0 Å². The molecule has 3 heterocycles. The van der Waals surface area contributed by atoms with Gasteiger partial charge in [-0.3, -0.25) is 9.59 Å². The van der Waals surface area contributed by atoms with Crippen molar-refractivity contribution in [2.24, 2.45) is 5.92 Å². The molecule has 0 aromatic heterocycles. The average molecular weight is 495 g/mol. The molecule has 1 N–H and O–H groups in total. The Morgan fingerprint density at radius 2 is 1.88 bits per heavy atom. The van der Waals surface area contributed by atoms with Gasteiger partial charge in [0.1, 0.15) is 6.54 Å². The van der Waals surface area contributed by atoms with Crippen LogP contribution in [0.1, 0.15) is 39.0 Å². The molecule has 8 nitrogen and oxygen atoms in total. The van der Waals surface area contributed by atoms with Crippen molar-refractivity contribution in [3.8, 4) is 0 Å². The molecule has 0 atom stereocenters. The molecule has 3 aliphatic heterocycles. The monoisotopic (exact) mass is 494 g/mol. The highest BCUT2D eigenvalue weighted by Crippen LogP contribution is 2.37. The van der Waals surface area contributed by atoms with E-state index in [2.05, 4.69) is 17.1 Å². The molecule has 2 fully saturated rings. The summed E-state index contributed by atoms with van der Waals surface area (Å²) in [5.41, 5.74) is 0.509. The maximum absolute atomic E-state index is 13.2. The van der Waals surface area contributed by atoms with Gasteiger partial charge in [0.25, 0.3) is 0 Å². The number of piperidine rings is 1. The smallest absolute Gasteiger partial charge is 0.243 e. The molecule has 0 saturated carbocycles. The first kappa shape index (κ1) is 24.5. The van der Waals surface area contributed by atoms with Crippen molar-refractivity contribution in [1.29, 1.82) is 0 Å². The van der Waals surface area contributed by atoms with Gasteiger partial charge >= 0.3 is 0 Å². The zero-order valence-electron chi connectivity index (χ0n) is 19.3. The summed E-state index contributed by atoms with van der Waals surface area (Å²) in [4.78, 5) is 30.1. The van der Waals surface area contributed by atoms with E-state index in [-0.39, 0.29) is 29.0 Å². The summed E-state index contributed by atoms with van der Waals surface area (Å²) in [6.45, 7) is 6.87. The normalized spacial score (nSPS) is 20.8. The summed E-state index contributed by atoms with van der Waals surface area (Å²) in [7, 11) is -3.63. The topological polar surface area (TPSA) is 90.0 Å². The number of carbonyl (C=O) groups excluding carboxylic acids is 2. The van der Waals surface area contributed by atoms with Crippen LogP contribution < -0.4 is 10.2 Å². The van der Waals surface area contributed by atoms with Gasteiger partial charge in [-0.05, 0) is 75.9 Å². The molecule has 0 spiro atoms. The predicted octanol–water partition coefficient (Wildman–Crippen LogP) is 2.15. The van der Waals surface area contributed by atoms with E-state index in [4.69, 9.17) is 0 Å². The maximum Gasteiger partial charge on any atom is 0.243 e. The summed E-state index contributed by atoms with van der Waals surface area (Å²) in [6, 6.07) is 4.94. The standard InChI is InChI=1S/C23H34N4O4S2/c1-18-7-13-26(14-8-18)33(30,31)19-5-6-21-20(15-19)27(23(29)17-32-21)16-22(28)24-9-4-12-25-10-2-3-11-25/h5-6,15,18H,2-4,7-14,16-17H2,1H3,(H,24,28). The molecule has 2 amide bonds. The highest BCUT2D eigenvalue weighted by Gasteiger charge is 2.32. The third-order valence-electron chi connectivity index (χ3n) is 6.73. The van der Waals surface area contributed by atoms with E-state index in [1.54, 1.807) is 18.2 Å². The average Bonchev–Trinajstić information content (AvgIpc) is 3.32. The van der Waals surface area contributed by atoms with Crippen molar-refractivity contribution in [2.75, 3.05) is 56.5 Å². The molecular formula is C23H34N4O4S2. The van der Waals surface area contributed by atoms with Crippen LogP contribution in [0.2, 0.25) is 0 Å². The third kappa shape index (κ3) is 5.90. The molecule has 1 aromatic carbocycles. The van der Waals surface area contributed by atoms with Crippen molar-refractivity contribution in [3.63, 3.8) is 0 Å². The number of rotatable bonds is 8. The lowest BCUT2D eigenvalue weighted by Gasteiger charge is -2.31. The molecule has 33 heavy (non-hydrogen) atoms. The molecule has 182 valence electrons. The van der Waals surface area contributed by atoms with Crippen LogP contribution in [-0.2, 0) is 19.6 Å². The van der Waals surface area contributed by atoms with Crippen LogP contribution in [0.3, 0.4) is 0 Å². The van der Waals surface area contributed by atoms with Crippen LogP contribution in [0, 0.1) is 5.92 Å². The minimum Gasteiger partial charge on any atom is -0.355 e. The molecule has 0 aliphatic carbocycles. The molecule has 4 rings (SSSR count). The van der Waals surface area contributed by atoms with Crippen LogP contribution in [0.4, 0.5) is 5.69 Å². The number of hydrogen-bond donors (Lipinski definition) is 1. The number of likely N-dealkylation sites (tertiary alicyclic amines) is 1. The summed E-state index contributed by atoms with van der Waals surface area (Å²) in [6.07, 6.45) is 5.07. The Hall–Kier alpha value is -1.62. The first-order valence-corrected chi connectivity index (χ1v) is 14.3. The Morgan fingerprint density at radius 1 is 1.15 bits per heavy atom. The zero-order valence-corrected chi connectivity index (χ0v) is 20.9. The maximum atomic E-state index is 13.2. The number of hydrogen-bond acceptors (Lipinski definition) is 6. The predicted molar refractivity (Wildman–Crippen MR) is 130 cm³/mol. The fourth-order valence-electron chi connectivity index (χ4n) is 4.63. The number of thioether (sulfide) groups is 1. The quantitative estimate of drug-likeness (QED) is 0.557. The SMILES string of the molecule is CC1CCN(S(=O)(=O)c2ccc3c(c2)N(CC(=O)NCCCN2CCCC2)C(=O)CS3)CC1. The molecule has 1 aromatic rings. The number of amides is 2. The Balaban J connectivity index is 1.41. The van der Waals surface area contributed by atoms with E-state index < -0.39 is 10.0 Å². The minimum absolute atomic E-state index is 0.0964. The molecule has 0 radical (unpaired) electrons. The van der Waals surface area contributed by atoms with Crippen LogP contribution in [-0.4, -0.2) is 81.0 Å². The lowest BCUT2D eigenvalue weighted by molar-refractivity contribution is -0.123. The lowest BCUT2D eigenvalue weighted by Crippen LogP contribution is -2.44. The Kier molecular flexibility index (Phi) is 7.99. The molecule has 0 bridgehead atoms. The molecule has 0 unspecified atom stereocenters. The van der Waals surface area contributed by atoms with Crippen LogP contribution in [0.15, 0.2) is 28.0 Å².